The van der Waals surface area contributed by atoms with E-state index in [4.69, 9.17) is 0 Å². The summed E-state index contributed by atoms with van der Waals surface area (Å²) in [6.07, 6.45) is 1.66. The van der Waals surface area contributed by atoms with Gasteiger partial charge < -0.3 is 5.32 Å². The first-order valence-electron chi connectivity index (χ1n) is 10.5. The van der Waals surface area contributed by atoms with Crippen LogP contribution in [0.25, 0.3) is 0 Å². The lowest BCUT2D eigenvalue weighted by molar-refractivity contribution is 0.102. The predicted molar refractivity (Wildman–Crippen MR) is 124 cm³/mol. The third-order valence-corrected chi connectivity index (χ3v) is 7.36. The third-order valence-electron chi connectivity index (χ3n) is 5.47. The first-order valence-corrected chi connectivity index (χ1v) is 12.0. The molecule has 1 aromatic heterocycles. The highest BCUT2D eigenvalue weighted by molar-refractivity contribution is 7.89. The van der Waals surface area contributed by atoms with E-state index in [-0.39, 0.29) is 10.5 Å². The summed E-state index contributed by atoms with van der Waals surface area (Å²) in [4.78, 5) is 19.1. The number of rotatable bonds is 6. The summed E-state index contributed by atoms with van der Waals surface area (Å²) in [5.74, 6) is 0.0227. The fourth-order valence-corrected chi connectivity index (χ4v) is 5.12. The summed E-state index contributed by atoms with van der Waals surface area (Å²) in [6.45, 7) is 4.87. The third kappa shape index (κ3) is 5.21. The van der Waals surface area contributed by atoms with Gasteiger partial charge >= 0.3 is 0 Å². The zero-order valence-electron chi connectivity index (χ0n) is 17.9. The molecule has 0 saturated carbocycles. The standard InChI is InChI=1S/C24H26N4O3S/c1-19-10-11-23(25-17-19)26-24(29)21-8-5-9-22(16-21)32(30,31)28-14-12-27(13-15-28)18-20-6-3-2-4-7-20/h2-11,16-17H,12-15,18H2,1H3,(H,25,26,29). The molecule has 0 radical (unpaired) electrons. The van der Waals surface area contributed by atoms with Crippen LogP contribution in [-0.2, 0) is 16.6 Å². The lowest BCUT2D eigenvalue weighted by Gasteiger charge is -2.34. The molecule has 1 amide bonds. The summed E-state index contributed by atoms with van der Waals surface area (Å²) in [5, 5.41) is 2.71. The molecule has 4 rings (SSSR count). The smallest absolute Gasteiger partial charge is 0.256 e. The van der Waals surface area contributed by atoms with Crippen molar-refractivity contribution in [2.75, 3.05) is 31.5 Å². The molecule has 2 heterocycles. The molecule has 1 aliphatic heterocycles. The number of pyridine rings is 1. The van der Waals surface area contributed by atoms with E-state index in [1.165, 1.54) is 22.0 Å². The Bertz CT molecular complexity index is 1170. The molecule has 0 aliphatic carbocycles. The van der Waals surface area contributed by atoms with Crippen molar-refractivity contribution in [3.63, 3.8) is 0 Å². The molecule has 0 atom stereocenters. The molecule has 2 aromatic carbocycles. The number of carbonyl (C=O) groups excluding carboxylic acids is 1. The Morgan fingerprint density at radius 1 is 0.969 bits per heavy atom. The highest BCUT2D eigenvalue weighted by Gasteiger charge is 2.29. The molecular formula is C24H26N4O3S. The molecule has 0 unspecified atom stereocenters. The van der Waals surface area contributed by atoms with Crippen LogP contribution in [0.3, 0.4) is 0 Å². The van der Waals surface area contributed by atoms with Gasteiger partial charge in [0.05, 0.1) is 4.90 Å². The normalized spacial score (nSPS) is 15.4. The molecular weight excluding hydrogens is 424 g/mol. The van der Waals surface area contributed by atoms with Gasteiger partial charge in [0.15, 0.2) is 0 Å². The Balaban J connectivity index is 1.41. The maximum atomic E-state index is 13.2. The second-order valence-electron chi connectivity index (χ2n) is 7.87. The fourth-order valence-electron chi connectivity index (χ4n) is 3.65. The number of benzene rings is 2. The van der Waals surface area contributed by atoms with E-state index in [1.807, 2.05) is 31.2 Å². The van der Waals surface area contributed by atoms with Crippen LogP contribution in [0.2, 0.25) is 0 Å². The number of carbonyl (C=O) groups is 1. The summed E-state index contributed by atoms with van der Waals surface area (Å²) in [7, 11) is -3.68. The summed E-state index contributed by atoms with van der Waals surface area (Å²) in [6, 6.07) is 19.9. The maximum Gasteiger partial charge on any atom is 0.256 e. The van der Waals surface area contributed by atoms with Crippen LogP contribution in [0.1, 0.15) is 21.5 Å². The van der Waals surface area contributed by atoms with Gasteiger partial charge in [0.25, 0.3) is 5.91 Å². The average molecular weight is 451 g/mol. The minimum Gasteiger partial charge on any atom is -0.307 e. The number of hydrogen-bond donors (Lipinski definition) is 1. The van der Waals surface area contributed by atoms with Crippen molar-refractivity contribution in [1.82, 2.24) is 14.2 Å². The quantitative estimate of drug-likeness (QED) is 0.624. The number of anilines is 1. The van der Waals surface area contributed by atoms with Gasteiger partial charge in [-0.25, -0.2) is 13.4 Å². The van der Waals surface area contributed by atoms with E-state index in [0.717, 1.165) is 12.1 Å². The van der Waals surface area contributed by atoms with E-state index >= 15 is 0 Å². The lowest BCUT2D eigenvalue weighted by atomic mass is 10.2. The number of sulfonamides is 1. The molecule has 3 aromatic rings. The van der Waals surface area contributed by atoms with Gasteiger partial charge in [0.1, 0.15) is 5.82 Å². The maximum absolute atomic E-state index is 13.2. The van der Waals surface area contributed by atoms with Crippen molar-refractivity contribution in [3.8, 4) is 0 Å². The Labute approximate surface area is 188 Å². The molecule has 1 aliphatic rings. The molecule has 7 nitrogen and oxygen atoms in total. The average Bonchev–Trinajstić information content (AvgIpc) is 2.82. The first-order chi connectivity index (χ1) is 15.4. The van der Waals surface area contributed by atoms with Crippen molar-refractivity contribution in [1.29, 1.82) is 0 Å². The van der Waals surface area contributed by atoms with Crippen LogP contribution in [0.15, 0.2) is 77.8 Å². The van der Waals surface area contributed by atoms with Crippen LogP contribution >= 0.6 is 0 Å². The van der Waals surface area contributed by atoms with E-state index in [1.54, 1.807) is 24.4 Å². The SMILES string of the molecule is Cc1ccc(NC(=O)c2cccc(S(=O)(=O)N3CCN(Cc4ccccc4)CC3)c2)nc1. The van der Waals surface area contributed by atoms with Gasteiger partial charge in [-0.1, -0.05) is 42.5 Å². The minimum absolute atomic E-state index is 0.124. The number of nitrogens with one attached hydrogen (secondary N) is 1. The molecule has 0 spiro atoms. The minimum atomic E-state index is -3.68. The lowest BCUT2D eigenvalue weighted by Crippen LogP contribution is -2.48. The summed E-state index contributed by atoms with van der Waals surface area (Å²) < 4.78 is 27.9. The van der Waals surface area contributed by atoms with Crippen LogP contribution in [0.5, 0.6) is 0 Å². The topological polar surface area (TPSA) is 82.6 Å². The number of hydrogen-bond acceptors (Lipinski definition) is 5. The van der Waals surface area contributed by atoms with Gasteiger partial charge in [-0.2, -0.15) is 4.31 Å². The summed E-state index contributed by atoms with van der Waals surface area (Å²) in [5.41, 5.74) is 2.47. The second kappa shape index (κ2) is 9.60. The van der Waals surface area contributed by atoms with Gasteiger partial charge in [-0.3, -0.25) is 9.69 Å². The van der Waals surface area contributed by atoms with Gasteiger partial charge in [-0.05, 0) is 42.3 Å². The second-order valence-corrected chi connectivity index (χ2v) is 9.81. The van der Waals surface area contributed by atoms with Crippen LogP contribution in [-0.4, -0.2) is 54.7 Å². The Kier molecular flexibility index (Phi) is 6.64. The van der Waals surface area contributed by atoms with Crippen molar-refractivity contribution in [2.45, 2.75) is 18.4 Å². The number of piperazine rings is 1. The van der Waals surface area contributed by atoms with E-state index in [2.05, 4.69) is 27.3 Å². The highest BCUT2D eigenvalue weighted by atomic mass is 32.2. The zero-order chi connectivity index (χ0) is 22.6. The van der Waals surface area contributed by atoms with Crippen LogP contribution in [0, 0.1) is 6.92 Å². The van der Waals surface area contributed by atoms with E-state index in [0.29, 0.717) is 32.0 Å². The first kappa shape index (κ1) is 22.1. The molecule has 1 fully saturated rings. The van der Waals surface area contributed by atoms with E-state index < -0.39 is 15.9 Å². The number of aryl methyl sites for hydroxylation is 1. The van der Waals surface area contributed by atoms with Gasteiger partial charge in [-0.15, -0.1) is 0 Å². The van der Waals surface area contributed by atoms with Gasteiger partial charge in [0.2, 0.25) is 10.0 Å². The molecule has 0 bridgehead atoms. The number of nitrogens with zero attached hydrogens (tertiary/aromatic N) is 3. The molecule has 1 N–H and O–H groups in total. The predicted octanol–water partition coefficient (Wildman–Crippen LogP) is 3.15. The Morgan fingerprint density at radius 3 is 2.41 bits per heavy atom. The summed E-state index contributed by atoms with van der Waals surface area (Å²) >= 11 is 0. The van der Waals surface area contributed by atoms with Gasteiger partial charge in [0, 0.05) is 44.5 Å². The molecule has 8 heteroatoms. The largest absolute Gasteiger partial charge is 0.307 e. The van der Waals surface area contributed by atoms with Crippen molar-refractivity contribution in [3.05, 3.63) is 89.6 Å². The molecule has 166 valence electrons. The highest BCUT2D eigenvalue weighted by Crippen LogP contribution is 2.20. The molecule has 32 heavy (non-hydrogen) atoms. The number of aromatic nitrogens is 1. The molecule has 1 saturated heterocycles. The van der Waals surface area contributed by atoms with Crippen molar-refractivity contribution in [2.24, 2.45) is 0 Å². The fraction of sp³-hybridized carbons (Fsp3) is 0.250. The van der Waals surface area contributed by atoms with Crippen molar-refractivity contribution >= 4 is 21.7 Å². The van der Waals surface area contributed by atoms with E-state index in [9.17, 15) is 13.2 Å². The zero-order valence-corrected chi connectivity index (χ0v) is 18.8. The Hall–Kier alpha value is -3.07. The van der Waals surface area contributed by atoms with Crippen molar-refractivity contribution < 1.29 is 13.2 Å². The van der Waals surface area contributed by atoms with Crippen LogP contribution < -0.4 is 5.32 Å². The monoisotopic (exact) mass is 450 g/mol. The Morgan fingerprint density at radius 2 is 1.72 bits per heavy atom. The number of amides is 1. The van der Waals surface area contributed by atoms with Crippen LogP contribution in [0.4, 0.5) is 5.82 Å².